The van der Waals surface area contributed by atoms with Crippen LogP contribution in [0.4, 0.5) is 11.4 Å². The molecule has 0 amide bonds. The maximum atomic E-state index is 11.1. The fourth-order valence-corrected chi connectivity index (χ4v) is 3.46. The predicted octanol–water partition coefficient (Wildman–Crippen LogP) is 2.94. The normalized spacial score (nSPS) is 29.2. The number of nitro benzene ring substituents is 1. The molecule has 2 fully saturated rings. The summed E-state index contributed by atoms with van der Waals surface area (Å²) in [5, 5.41) is 18.1. The molecule has 2 bridgehead atoms. The summed E-state index contributed by atoms with van der Waals surface area (Å²) < 4.78 is 0. The van der Waals surface area contributed by atoms with E-state index < -0.39 is 4.92 Å². The minimum absolute atomic E-state index is 0.0185. The van der Waals surface area contributed by atoms with Gasteiger partial charge in [-0.25, -0.2) is 0 Å². The summed E-state index contributed by atoms with van der Waals surface area (Å²) in [6.07, 6.45) is 4.45. The summed E-state index contributed by atoms with van der Waals surface area (Å²) >= 11 is 5.92. The summed E-state index contributed by atoms with van der Waals surface area (Å²) in [7, 11) is 0. The highest BCUT2D eigenvalue weighted by Gasteiger charge is 2.34. The van der Waals surface area contributed by atoms with Crippen LogP contribution in [0, 0.1) is 10.1 Å². The van der Waals surface area contributed by atoms with E-state index in [0.29, 0.717) is 17.8 Å². The third-order valence-electron chi connectivity index (χ3n) is 4.00. The Hall–Kier alpha value is -1.33. The van der Waals surface area contributed by atoms with Crippen LogP contribution >= 0.6 is 11.6 Å². The molecule has 2 aliphatic rings. The molecule has 0 spiro atoms. The average Bonchev–Trinajstić information content (AvgIpc) is 2.68. The van der Waals surface area contributed by atoms with Crippen molar-refractivity contribution in [3.05, 3.63) is 33.3 Å². The summed E-state index contributed by atoms with van der Waals surface area (Å²) in [5.41, 5.74) is 0.513. The van der Waals surface area contributed by atoms with E-state index in [9.17, 15) is 10.1 Å². The van der Waals surface area contributed by atoms with Crippen molar-refractivity contribution in [1.82, 2.24) is 5.32 Å². The minimum Gasteiger partial charge on any atom is -0.377 e. The molecular weight excluding hydrogens is 266 g/mol. The van der Waals surface area contributed by atoms with Crippen LogP contribution in [0.25, 0.3) is 0 Å². The number of hydrogen-bond acceptors (Lipinski definition) is 4. The maximum Gasteiger partial charge on any atom is 0.310 e. The van der Waals surface area contributed by atoms with E-state index in [1.165, 1.54) is 12.8 Å². The summed E-state index contributed by atoms with van der Waals surface area (Å²) in [6.45, 7) is 0. The monoisotopic (exact) mass is 281 g/mol. The highest BCUT2D eigenvalue weighted by molar-refractivity contribution is 6.33. The van der Waals surface area contributed by atoms with Crippen LogP contribution in [0.5, 0.6) is 0 Å². The van der Waals surface area contributed by atoms with Crippen LogP contribution in [0.15, 0.2) is 18.2 Å². The van der Waals surface area contributed by atoms with Gasteiger partial charge in [-0.15, -0.1) is 0 Å². The second-order valence-electron chi connectivity index (χ2n) is 5.34. The smallest absolute Gasteiger partial charge is 0.310 e. The maximum absolute atomic E-state index is 11.1. The SMILES string of the molecule is O=[N+]([O-])c1c(Cl)cccc1NC1CC2CCC(C1)N2. The molecule has 2 heterocycles. The summed E-state index contributed by atoms with van der Waals surface area (Å²) in [5.74, 6) is 0. The van der Waals surface area contributed by atoms with Crippen LogP contribution in [-0.2, 0) is 0 Å². The number of halogens is 1. The van der Waals surface area contributed by atoms with Crippen molar-refractivity contribution in [2.24, 2.45) is 0 Å². The zero-order chi connectivity index (χ0) is 13.4. The Morgan fingerprint density at radius 2 is 2.00 bits per heavy atom. The second-order valence-corrected chi connectivity index (χ2v) is 5.75. The van der Waals surface area contributed by atoms with Gasteiger partial charge in [0, 0.05) is 18.1 Å². The van der Waals surface area contributed by atoms with Gasteiger partial charge in [-0.1, -0.05) is 17.7 Å². The topological polar surface area (TPSA) is 67.2 Å². The van der Waals surface area contributed by atoms with Gasteiger partial charge in [0.2, 0.25) is 0 Å². The van der Waals surface area contributed by atoms with E-state index in [0.717, 1.165) is 12.8 Å². The third kappa shape index (κ3) is 2.53. The Kier molecular flexibility index (Phi) is 3.33. The quantitative estimate of drug-likeness (QED) is 0.660. The number of para-hydroxylation sites is 1. The van der Waals surface area contributed by atoms with Gasteiger partial charge in [0.1, 0.15) is 10.7 Å². The van der Waals surface area contributed by atoms with Gasteiger partial charge in [-0.3, -0.25) is 10.1 Å². The van der Waals surface area contributed by atoms with Gasteiger partial charge in [0.05, 0.1) is 4.92 Å². The average molecular weight is 282 g/mol. The van der Waals surface area contributed by atoms with E-state index in [4.69, 9.17) is 11.6 Å². The lowest BCUT2D eigenvalue weighted by atomic mass is 9.99. The van der Waals surface area contributed by atoms with E-state index in [2.05, 4.69) is 10.6 Å². The molecule has 2 unspecified atom stereocenters. The minimum atomic E-state index is -0.416. The Morgan fingerprint density at radius 1 is 1.32 bits per heavy atom. The van der Waals surface area contributed by atoms with E-state index in [1.807, 2.05) is 0 Å². The standard InChI is InChI=1S/C13H16ClN3O2/c14-11-2-1-3-12(13(11)17(18)19)16-10-6-8-4-5-9(7-10)15-8/h1-3,8-10,15-16H,4-7H2. The lowest BCUT2D eigenvalue weighted by Crippen LogP contribution is -2.43. The summed E-state index contributed by atoms with van der Waals surface area (Å²) in [6, 6.07) is 6.41. The summed E-state index contributed by atoms with van der Waals surface area (Å²) in [4.78, 5) is 10.7. The van der Waals surface area contributed by atoms with Gasteiger partial charge in [-0.05, 0) is 37.8 Å². The Morgan fingerprint density at radius 3 is 2.63 bits per heavy atom. The van der Waals surface area contributed by atoms with Crippen LogP contribution < -0.4 is 10.6 Å². The van der Waals surface area contributed by atoms with E-state index in [1.54, 1.807) is 18.2 Å². The van der Waals surface area contributed by atoms with Gasteiger partial charge in [0.25, 0.3) is 0 Å². The first kappa shape index (κ1) is 12.7. The van der Waals surface area contributed by atoms with Gasteiger partial charge >= 0.3 is 5.69 Å². The number of fused-ring (bicyclic) bond motifs is 2. The molecule has 1 aromatic rings. The van der Waals surface area contributed by atoms with Crippen LogP contribution in [0.1, 0.15) is 25.7 Å². The second kappa shape index (κ2) is 4.98. The number of nitro groups is 1. The molecule has 2 aliphatic heterocycles. The number of hydrogen-bond donors (Lipinski definition) is 2. The fraction of sp³-hybridized carbons (Fsp3) is 0.538. The lowest BCUT2D eigenvalue weighted by Gasteiger charge is -2.30. The van der Waals surface area contributed by atoms with Crippen molar-refractivity contribution in [3.8, 4) is 0 Å². The van der Waals surface area contributed by atoms with E-state index in [-0.39, 0.29) is 16.8 Å². The zero-order valence-electron chi connectivity index (χ0n) is 10.4. The molecule has 0 aromatic heterocycles. The Bertz CT molecular complexity index is 497. The van der Waals surface area contributed by atoms with Gasteiger partial charge < -0.3 is 10.6 Å². The van der Waals surface area contributed by atoms with Crippen molar-refractivity contribution < 1.29 is 4.92 Å². The first-order chi connectivity index (χ1) is 9.13. The molecule has 2 atom stereocenters. The molecule has 102 valence electrons. The number of benzene rings is 1. The molecule has 2 saturated heterocycles. The zero-order valence-corrected chi connectivity index (χ0v) is 11.2. The molecule has 6 heteroatoms. The van der Waals surface area contributed by atoms with Crippen LogP contribution in [0.3, 0.4) is 0 Å². The molecule has 2 N–H and O–H groups in total. The molecule has 0 saturated carbocycles. The number of anilines is 1. The molecular formula is C13H16ClN3O2. The highest BCUT2D eigenvalue weighted by atomic mass is 35.5. The largest absolute Gasteiger partial charge is 0.377 e. The van der Waals surface area contributed by atoms with Crippen molar-refractivity contribution >= 4 is 23.0 Å². The van der Waals surface area contributed by atoms with Gasteiger partial charge in [-0.2, -0.15) is 0 Å². The van der Waals surface area contributed by atoms with E-state index >= 15 is 0 Å². The Labute approximate surface area is 116 Å². The third-order valence-corrected chi connectivity index (χ3v) is 4.31. The molecule has 0 aliphatic carbocycles. The molecule has 0 radical (unpaired) electrons. The number of nitrogens with zero attached hydrogens (tertiary/aromatic N) is 1. The van der Waals surface area contributed by atoms with Crippen molar-refractivity contribution in [2.45, 2.75) is 43.8 Å². The fourth-order valence-electron chi connectivity index (χ4n) is 3.21. The molecule has 19 heavy (non-hydrogen) atoms. The first-order valence-corrected chi connectivity index (χ1v) is 6.97. The van der Waals surface area contributed by atoms with Crippen molar-refractivity contribution in [2.75, 3.05) is 5.32 Å². The van der Waals surface area contributed by atoms with Crippen LogP contribution in [0.2, 0.25) is 5.02 Å². The number of nitrogens with one attached hydrogen (secondary N) is 2. The van der Waals surface area contributed by atoms with Crippen molar-refractivity contribution in [3.63, 3.8) is 0 Å². The first-order valence-electron chi connectivity index (χ1n) is 6.59. The van der Waals surface area contributed by atoms with Gasteiger partial charge in [0.15, 0.2) is 0 Å². The lowest BCUT2D eigenvalue weighted by molar-refractivity contribution is -0.383. The Balaban J connectivity index is 1.80. The van der Waals surface area contributed by atoms with Crippen molar-refractivity contribution in [1.29, 1.82) is 0 Å². The van der Waals surface area contributed by atoms with Crippen LogP contribution in [-0.4, -0.2) is 23.0 Å². The number of rotatable bonds is 3. The molecule has 5 nitrogen and oxygen atoms in total. The predicted molar refractivity (Wildman–Crippen MR) is 74.7 cm³/mol. The number of piperidine rings is 1. The highest BCUT2D eigenvalue weighted by Crippen LogP contribution is 2.35. The molecule has 3 rings (SSSR count). The molecule has 1 aromatic carbocycles.